The molecule has 0 aromatic carbocycles. The van der Waals surface area contributed by atoms with Crippen LogP contribution in [0.2, 0.25) is 0 Å². The number of carbonyl (C=O) groups excluding carboxylic acids is 1. The van der Waals surface area contributed by atoms with Crippen LogP contribution >= 0.6 is 0 Å². The lowest BCUT2D eigenvalue weighted by Gasteiger charge is -2.26. The molecule has 2 atom stereocenters. The Labute approximate surface area is 86.0 Å². The normalized spacial score (nSPS) is 27.7. The van der Waals surface area contributed by atoms with Gasteiger partial charge in [0.05, 0.1) is 12.5 Å². The van der Waals surface area contributed by atoms with Crippen molar-refractivity contribution < 1.29 is 9.53 Å². The molecule has 1 fully saturated rings. The zero-order chi connectivity index (χ0) is 10.6. The summed E-state index contributed by atoms with van der Waals surface area (Å²) in [4.78, 5) is 11.6. The predicted octanol–water partition coefficient (Wildman–Crippen LogP) is 1.70. The molecule has 1 aliphatic carbocycles. The quantitative estimate of drug-likeness (QED) is 0.704. The van der Waals surface area contributed by atoms with Crippen LogP contribution in [-0.4, -0.2) is 18.6 Å². The molecule has 0 heterocycles. The molecule has 3 nitrogen and oxygen atoms in total. The second-order valence-corrected chi connectivity index (χ2v) is 4.58. The van der Waals surface area contributed by atoms with Gasteiger partial charge in [-0.3, -0.25) is 4.79 Å². The summed E-state index contributed by atoms with van der Waals surface area (Å²) in [5.41, 5.74) is 5.89. The minimum Gasteiger partial charge on any atom is -0.465 e. The van der Waals surface area contributed by atoms with Crippen molar-refractivity contribution in [3.05, 3.63) is 0 Å². The van der Waals surface area contributed by atoms with E-state index in [4.69, 9.17) is 10.5 Å². The molecule has 2 unspecified atom stereocenters. The summed E-state index contributed by atoms with van der Waals surface area (Å²) in [5, 5.41) is 0. The lowest BCUT2D eigenvalue weighted by atomic mass is 9.85. The van der Waals surface area contributed by atoms with Crippen molar-refractivity contribution >= 4 is 5.97 Å². The van der Waals surface area contributed by atoms with Gasteiger partial charge < -0.3 is 10.5 Å². The van der Waals surface area contributed by atoms with Crippen LogP contribution in [0.15, 0.2) is 0 Å². The highest BCUT2D eigenvalue weighted by atomic mass is 16.5. The Kier molecular flexibility index (Phi) is 4.39. The molecule has 1 rings (SSSR count). The molecule has 0 aromatic rings. The largest absolute Gasteiger partial charge is 0.465 e. The van der Waals surface area contributed by atoms with Gasteiger partial charge in [0, 0.05) is 6.04 Å². The van der Waals surface area contributed by atoms with E-state index in [1.54, 1.807) is 0 Å². The average molecular weight is 199 g/mol. The number of ether oxygens (including phenoxy) is 1. The fourth-order valence-corrected chi connectivity index (χ4v) is 1.81. The molecular weight excluding hydrogens is 178 g/mol. The Morgan fingerprint density at radius 3 is 2.64 bits per heavy atom. The molecule has 0 radical (unpaired) electrons. The third-order valence-electron chi connectivity index (χ3n) is 2.68. The topological polar surface area (TPSA) is 52.3 Å². The summed E-state index contributed by atoms with van der Waals surface area (Å²) in [6.45, 7) is 4.59. The SMILES string of the molecule is CC(C)COC(=O)C1CCCCC1N. The third kappa shape index (κ3) is 3.29. The van der Waals surface area contributed by atoms with Crippen molar-refractivity contribution in [2.75, 3.05) is 6.61 Å². The Hall–Kier alpha value is -0.570. The van der Waals surface area contributed by atoms with Gasteiger partial charge in [0.15, 0.2) is 0 Å². The number of hydrogen-bond acceptors (Lipinski definition) is 3. The number of carbonyl (C=O) groups is 1. The first-order valence-electron chi connectivity index (χ1n) is 5.53. The Bertz CT molecular complexity index is 192. The fourth-order valence-electron chi connectivity index (χ4n) is 1.81. The second-order valence-electron chi connectivity index (χ2n) is 4.58. The zero-order valence-electron chi connectivity index (χ0n) is 9.16. The molecule has 0 aliphatic heterocycles. The minimum absolute atomic E-state index is 0.0170. The number of nitrogens with two attached hydrogens (primary N) is 1. The van der Waals surface area contributed by atoms with Gasteiger partial charge in [-0.2, -0.15) is 0 Å². The van der Waals surface area contributed by atoms with Crippen LogP contribution in [0.25, 0.3) is 0 Å². The van der Waals surface area contributed by atoms with Crippen LogP contribution in [0.5, 0.6) is 0 Å². The van der Waals surface area contributed by atoms with Gasteiger partial charge >= 0.3 is 5.97 Å². The van der Waals surface area contributed by atoms with Crippen LogP contribution in [0.1, 0.15) is 39.5 Å². The third-order valence-corrected chi connectivity index (χ3v) is 2.68. The monoisotopic (exact) mass is 199 g/mol. The van der Waals surface area contributed by atoms with E-state index in [0.717, 1.165) is 25.7 Å². The summed E-state index contributed by atoms with van der Waals surface area (Å²) in [7, 11) is 0. The van der Waals surface area contributed by atoms with E-state index in [0.29, 0.717) is 12.5 Å². The van der Waals surface area contributed by atoms with Crippen LogP contribution in [-0.2, 0) is 9.53 Å². The summed E-state index contributed by atoms with van der Waals surface area (Å²) in [6, 6.07) is 0.0170. The Balaban J connectivity index is 2.34. The highest BCUT2D eigenvalue weighted by Crippen LogP contribution is 2.24. The first-order chi connectivity index (χ1) is 6.61. The van der Waals surface area contributed by atoms with E-state index in [1.165, 1.54) is 0 Å². The molecule has 0 bridgehead atoms. The van der Waals surface area contributed by atoms with E-state index in [-0.39, 0.29) is 17.9 Å². The number of hydrogen-bond donors (Lipinski definition) is 1. The van der Waals surface area contributed by atoms with Crippen molar-refractivity contribution in [1.29, 1.82) is 0 Å². The lowest BCUT2D eigenvalue weighted by Crippen LogP contribution is -2.39. The molecule has 82 valence electrons. The lowest BCUT2D eigenvalue weighted by molar-refractivity contribution is -0.151. The van der Waals surface area contributed by atoms with Gasteiger partial charge in [0.25, 0.3) is 0 Å². The Morgan fingerprint density at radius 1 is 1.43 bits per heavy atom. The highest BCUT2D eigenvalue weighted by molar-refractivity contribution is 5.73. The van der Waals surface area contributed by atoms with E-state index >= 15 is 0 Å². The summed E-state index contributed by atoms with van der Waals surface area (Å²) in [6.07, 6.45) is 4.11. The van der Waals surface area contributed by atoms with Crippen LogP contribution < -0.4 is 5.73 Å². The number of rotatable bonds is 3. The molecule has 3 heteroatoms. The van der Waals surface area contributed by atoms with E-state index in [9.17, 15) is 4.79 Å². The molecule has 1 saturated carbocycles. The van der Waals surface area contributed by atoms with Crippen LogP contribution in [0, 0.1) is 11.8 Å². The molecule has 1 aliphatic rings. The van der Waals surface area contributed by atoms with E-state index < -0.39 is 0 Å². The maximum Gasteiger partial charge on any atom is 0.310 e. The van der Waals surface area contributed by atoms with E-state index in [1.807, 2.05) is 13.8 Å². The van der Waals surface area contributed by atoms with Crippen LogP contribution in [0.4, 0.5) is 0 Å². The molecule has 0 spiro atoms. The highest BCUT2D eigenvalue weighted by Gasteiger charge is 2.29. The molecule has 0 aromatic heterocycles. The summed E-state index contributed by atoms with van der Waals surface area (Å²) >= 11 is 0. The zero-order valence-corrected chi connectivity index (χ0v) is 9.16. The van der Waals surface area contributed by atoms with Gasteiger partial charge in [-0.05, 0) is 18.8 Å². The van der Waals surface area contributed by atoms with Crippen molar-refractivity contribution in [2.45, 2.75) is 45.6 Å². The van der Waals surface area contributed by atoms with Crippen molar-refractivity contribution in [3.63, 3.8) is 0 Å². The number of esters is 1. The molecule has 14 heavy (non-hydrogen) atoms. The second kappa shape index (κ2) is 5.35. The van der Waals surface area contributed by atoms with Crippen molar-refractivity contribution in [1.82, 2.24) is 0 Å². The summed E-state index contributed by atoms with van der Waals surface area (Å²) < 4.78 is 5.19. The van der Waals surface area contributed by atoms with Gasteiger partial charge in [0.1, 0.15) is 0 Å². The molecule has 2 N–H and O–H groups in total. The molecule has 0 amide bonds. The van der Waals surface area contributed by atoms with Gasteiger partial charge in [0.2, 0.25) is 0 Å². The predicted molar refractivity (Wildman–Crippen MR) is 55.7 cm³/mol. The van der Waals surface area contributed by atoms with Crippen molar-refractivity contribution in [3.8, 4) is 0 Å². The van der Waals surface area contributed by atoms with Crippen molar-refractivity contribution in [2.24, 2.45) is 17.6 Å². The fraction of sp³-hybridized carbons (Fsp3) is 0.909. The van der Waals surface area contributed by atoms with Crippen LogP contribution in [0.3, 0.4) is 0 Å². The van der Waals surface area contributed by atoms with Gasteiger partial charge in [-0.25, -0.2) is 0 Å². The standard InChI is InChI=1S/C11H21NO2/c1-8(2)7-14-11(13)9-5-3-4-6-10(9)12/h8-10H,3-7,12H2,1-2H3. The van der Waals surface area contributed by atoms with Gasteiger partial charge in [-0.1, -0.05) is 26.7 Å². The maximum absolute atomic E-state index is 11.6. The van der Waals surface area contributed by atoms with Gasteiger partial charge in [-0.15, -0.1) is 0 Å². The first-order valence-corrected chi connectivity index (χ1v) is 5.53. The smallest absolute Gasteiger partial charge is 0.310 e. The minimum atomic E-state index is -0.0918. The average Bonchev–Trinajstić information content (AvgIpc) is 2.15. The molecular formula is C11H21NO2. The maximum atomic E-state index is 11.6. The van der Waals surface area contributed by atoms with E-state index in [2.05, 4.69) is 0 Å². The molecule has 0 saturated heterocycles. The summed E-state index contributed by atoms with van der Waals surface area (Å²) in [5.74, 6) is 0.257. The Morgan fingerprint density at radius 2 is 2.07 bits per heavy atom. The first kappa shape index (κ1) is 11.5.